The van der Waals surface area contributed by atoms with Gasteiger partial charge in [0, 0.05) is 0 Å². The van der Waals surface area contributed by atoms with Crippen LogP contribution in [0.15, 0.2) is 66.7 Å². The lowest BCUT2D eigenvalue weighted by Crippen LogP contribution is -2.03. The SMILES string of the molecule is c1ccc2c(CCc3ccc(OCC4CO4)cc3)cccc2c1. The first-order chi connectivity index (χ1) is 11.4. The number of benzene rings is 3. The zero-order chi connectivity index (χ0) is 15.5. The molecule has 2 heteroatoms. The average Bonchev–Trinajstić information content (AvgIpc) is 3.43. The van der Waals surface area contributed by atoms with Crippen LogP contribution in [0.4, 0.5) is 0 Å². The van der Waals surface area contributed by atoms with Crippen LogP contribution < -0.4 is 4.74 Å². The van der Waals surface area contributed by atoms with Gasteiger partial charge in [0.05, 0.1) is 6.61 Å². The quantitative estimate of drug-likeness (QED) is 0.629. The molecule has 1 aliphatic rings. The van der Waals surface area contributed by atoms with E-state index in [1.807, 2.05) is 0 Å². The Morgan fingerprint density at radius 3 is 2.48 bits per heavy atom. The summed E-state index contributed by atoms with van der Waals surface area (Å²) in [5.41, 5.74) is 2.75. The Morgan fingerprint density at radius 1 is 0.870 bits per heavy atom. The molecule has 4 rings (SSSR count). The van der Waals surface area contributed by atoms with Gasteiger partial charge in [0.15, 0.2) is 0 Å². The lowest BCUT2D eigenvalue weighted by molar-refractivity contribution is 0.263. The van der Waals surface area contributed by atoms with Gasteiger partial charge in [-0.1, -0.05) is 54.6 Å². The molecule has 1 heterocycles. The number of rotatable bonds is 6. The molecule has 0 aliphatic carbocycles. The Labute approximate surface area is 136 Å². The van der Waals surface area contributed by atoms with E-state index in [9.17, 15) is 0 Å². The van der Waals surface area contributed by atoms with E-state index in [1.54, 1.807) is 0 Å². The Balaban J connectivity index is 1.41. The average molecular weight is 304 g/mol. The van der Waals surface area contributed by atoms with Gasteiger partial charge in [-0.3, -0.25) is 0 Å². The second kappa shape index (κ2) is 6.43. The molecular weight excluding hydrogens is 284 g/mol. The van der Waals surface area contributed by atoms with Crippen LogP contribution in [0.2, 0.25) is 0 Å². The maximum atomic E-state index is 5.68. The third-order valence-electron chi connectivity index (χ3n) is 4.32. The summed E-state index contributed by atoms with van der Waals surface area (Å²) < 4.78 is 10.8. The van der Waals surface area contributed by atoms with E-state index < -0.39 is 0 Å². The number of fused-ring (bicyclic) bond motifs is 1. The van der Waals surface area contributed by atoms with Crippen molar-refractivity contribution in [2.75, 3.05) is 13.2 Å². The van der Waals surface area contributed by atoms with Crippen LogP contribution in [0.25, 0.3) is 10.8 Å². The predicted molar refractivity (Wildman–Crippen MR) is 93.0 cm³/mol. The van der Waals surface area contributed by atoms with Gasteiger partial charge in [0.2, 0.25) is 0 Å². The van der Waals surface area contributed by atoms with Crippen molar-refractivity contribution in [3.05, 3.63) is 77.9 Å². The molecule has 0 aromatic heterocycles. The number of epoxide rings is 1. The first-order valence-corrected chi connectivity index (χ1v) is 8.18. The molecule has 0 amide bonds. The van der Waals surface area contributed by atoms with E-state index in [-0.39, 0.29) is 0 Å². The Morgan fingerprint density at radius 2 is 1.65 bits per heavy atom. The van der Waals surface area contributed by atoms with Crippen molar-refractivity contribution in [2.24, 2.45) is 0 Å². The molecule has 1 unspecified atom stereocenters. The number of hydrogen-bond acceptors (Lipinski definition) is 2. The monoisotopic (exact) mass is 304 g/mol. The minimum atomic E-state index is 0.307. The van der Waals surface area contributed by atoms with Gasteiger partial charge in [-0.05, 0) is 46.9 Å². The lowest BCUT2D eigenvalue weighted by atomic mass is 9.98. The van der Waals surface area contributed by atoms with E-state index in [0.29, 0.717) is 12.7 Å². The molecule has 0 saturated carbocycles. The molecule has 3 aromatic rings. The molecule has 0 spiro atoms. The van der Waals surface area contributed by atoms with Crippen LogP contribution >= 0.6 is 0 Å². The molecule has 1 atom stereocenters. The van der Waals surface area contributed by atoms with Gasteiger partial charge in [-0.25, -0.2) is 0 Å². The molecule has 0 bridgehead atoms. The summed E-state index contributed by atoms with van der Waals surface area (Å²) in [6.07, 6.45) is 2.40. The highest BCUT2D eigenvalue weighted by atomic mass is 16.6. The molecule has 3 aromatic carbocycles. The second-order valence-electron chi connectivity index (χ2n) is 6.05. The Bertz CT molecular complexity index is 783. The van der Waals surface area contributed by atoms with Crippen molar-refractivity contribution in [3.8, 4) is 5.75 Å². The van der Waals surface area contributed by atoms with Gasteiger partial charge >= 0.3 is 0 Å². The third kappa shape index (κ3) is 3.54. The van der Waals surface area contributed by atoms with Crippen molar-refractivity contribution in [3.63, 3.8) is 0 Å². The minimum absolute atomic E-state index is 0.307. The predicted octanol–water partition coefficient (Wildman–Crippen LogP) is 4.40. The Hall–Kier alpha value is -2.32. The molecule has 0 N–H and O–H groups in total. The van der Waals surface area contributed by atoms with Crippen LogP contribution in [0.3, 0.4) is 0 Å². The van der Waals surface area contributed by atoms with E-state index in [4.69, 9.17) is 9.47 Å². The third-order valence-corrected chi connectivity index (χ3v) is 4.32. The van der Waals surface area contributed by atoms with Crippen LogP contribution in [-0.2, 0) is 17.6 Å². The maximum Gasteiger partial charge on any atom is 0.119 e. The largest absolute Gasteiger partial charge is 0.491 e. The highest BCUT2D eigenvalue weighted by molar-refractivity contribution is 5.85. The Kier molecular flexibility index (Phi) is 3.99. The summed E-state index contributed by atoms with van der Waals surface area (Å²) in [6, 6.07) is 23.6. The molecule has 1 aliphatic heterocycles. The molecule has 2 nitrogen and oxygen atoms in total. The zero-order valence-electron chi connectivity index (χ0n) is 13.1. The molecule has 116 valence electrons. The van der Waals surface area contributed by atoms with Crippen LogP contribution in [0, 0.1) is 0 Å². The van der Waals surface area contributed by atoms with Gasteiger partial charge in [-0.2, -0.15) is 0 Å². The zero-order valence-corrected chi connectivity index (χ0v) is 13.1. The standard InChI is InChI=1S/C21H20O2/c1-2-7-21-17(4-1)5-3-6-18(21)11-8-16-9-12-19(13-10-16)22-14-20-15-23-20/h1-7,9-10,12-13,20H,8,11,14-15H2. The lowest BCUT2D eigenvalue weighted by Gasteiger charge is -2.08. The van der Waals surface area contributed by atoms with Crippen molar-refractivity contribution < 1.29 is 9.47 Å². The van der Waals surface area contributed by atoms with Gasteiger partial charge in [0.1, 0.15) is 18.5 Å². The topological polar surface area (TPSA) is 21.8 Å². The second-order valence-corrected chi connectivity index (χ2v) is 6.05. The molecule has 1 saturated heterocycles. The minimum Gasteiger partial charge on any atom is -0.491 e. The van der Waals surface area contributed by atoms with E-state index in [2.05, 4.69) is 66.7 Å². The summed E-state index contributed by atoms with van der Waals surface area (Å²) in [5.74, 6) is 0.925. The van der Waals surface area contributed by atoms with Crippen molar-refractivity contribution >= 4 is 10.8 Å². The van der Waals surface area contributed by atoms with E-state index in [1.165, 1.54) is 21.9 Å². The molecule has 23 heavy (non-hydrogen) atoms. The van der Waals surface area contributed by atoms with Gasteiger partial charge in [0.25, 0.3) is 0 Å². The number of ether oxygens (including phenoxy) is 2. The fourth-order valence-electron chi connectivity index (χ4n) is 2.90. The summed E-state index contributed by atoms with van der Waals surface area (Å²) in [7, 11) is 0. The van der Waals surface area contributed by atoms with Crippen LogP contribution in [0.1, 0.15) is 11.1 Å². The molecule has 0 radical (unpaired) electrons. The van der Waals surface area contributed by atoms with Crippen molar-refractivity contribution in [2.45, 2.75) is 18.9 Å². The fraction of sp³-hybridized carbons (Fsp3) is 0.238. The smallest absolute Gasteiger partial charge is 0.119 e. The summed E-state index contributed by atoms with van der Waals surface area (Å²) in [4.78, 5) is 0. The highest BCUT2D eigenvalue weighted by Gasteiger charge is 2.22. The highest BCUT2D eigenvalue weighted by Crippen LogP contribution is 2.21. The number of hydrogen-bond donors (Lipinski definition) is 0. The summed E-state index contributed by atoms with van der Waals surface area (Å²) >= 11 is 0. The van der Waals surface area contributed by atoms with Crippen molar-refractivity contribution in [1.29, 1.82) is 0 Å². The number of aryl methyl sites for hydroxylation is 2. The van der Waals surface area contributed by atoms with Crippen molar-refractivity contribution in [1.82, 2.24) is 0 Å². The summed E-state index contributed by atoms with van der Waals surface area (Å²) in [6.45, 7) is 1.50. The van der Waals surface area contributed by atoms with Gasteiger partial charge < -0.3 is 9.47 Å². The molecular formula is C21H20O2. The first kappa shape index (κ1) is 14.3. The van der Waals surface area contributed by atoms with Gasteiger partial charge in [-0.15, -0.1) is 0 Å². The molecule has 1 fully saturated rings. The maximum absolute atomic E-state index is 5.68. The normalized spacial score (nSPS) is 16.4. The van der Waals surface area contributed by atoms with E-state index in [0.717, 1.165) is 25.2 Å². The van der Waals surface area contributed by atoms with Crippen LogP contribution in [0.5, 0.6) is 5.75 Å². The first-order valence-electron chi connectivity index (χ1n) is 8.18. The van der Waals surface area contributed by atoms with Crippen LogP contribution in [-0.4, -0.2) is 19.3 Å². The fourth-order valence-corrected chi connectivity index (χ4v) is 2.90. The van der Waals surface area contributed by atoms with E-state index >= 15 is 0 Å². The summed E-state index contributed by atoms with van der Waals surface area (Å²) in [5, 5.41) is 2.68.